The number of hydrogen-bond acceptors (Lipinski definition) is 2. The van der Waals surface area contributed by atoms with E-state index in [1.165, 1.54) is 13.0 Å². The van der Waals surface area contributed by atoms with Crippen LogP contribution in [0.3, 0.4) is 0 Å². The molecule has 0 aromatic heterocycles. The zero-order valence-corrected chi connectivity index (χ0v) is 7.93. The Morgan fingerprint density at radius 1 is 1.43 bits per heavy atom. The van der Waals surface area contributed by atoms with Gasteiger partial charge in [-0.2, -0.15) is 0 Å². The first-order valence-electron chi connectivity index (χ1n) is 4.18. The minimum absolute atomic E-state index is 0.0894. The van der Waals surface area contributed by atoms with Gasteiger partial charge in [0.15, 0.2) is 17.9 Å². The summed E-state index contributed by atoms with van der Waals surface area (Å²) in [6.07, 6.45) is 0.153. The van der Waals surface area contributed by atoms with Gasteiger partial charge < -0.3 is 4.74 Å². The van der Waals surface area contributed by atoms with Crippen molar-refractivity contribution in [1.29, 1.82) is 0 Å². The van der Waals surface area contributed by atoms with Gasteiger partial charge in [-0.15, -0.1) is 0 Å². The SMILES string of the molecule is CCOc1cc(C)c(F)c(C=O)c1F. The second-order valence-corrected chi connectivity index (χ2v) is 2.78. The van der Waals surface area contributed by atoms with Crippen molar-refractivity contribution in [1.82, 2.24) is 0 Å². The summed E-state index contributed by atoms with van der Waals surface area (Å²) < 4.78 is 31.4. The largest absolute Gasteiger partial charge is 0.491 e. The highest BCUT2D eigenvalue weighted by Gasteiger charge is 2.16. The Kier molecular flexibility index (Phi) is 3.17. The van der Waals surface area contributed by atoms with Crippen LogP contribution in [0.15, 0.2) is 6.07 Å². The fraction of sp³-hybridized carbons (Fsp3) is 0.300. The second kappa shape index (κ2) is 4.17. The molecule has 0 aliphatic heterocycles. The number of carbonyl (C=O) groups excluding carboxylic acids is 1. The monoisotopic (exact) mass is 200 g/mol. The molecular formula is C10H10F2O2. The number of ether oxygens (including phenoxy) is 1. The van der Waals surface area contributed by atoms with Gasteiger partial charge in [-0.3, -0.25) is 4.79 Å². The van der Waals surface area contributed by atoms with E-state index < -0.39 is 17.2 Å². The smallest absolute Gasteiger partial charge is 0.178 e. The van der Waals surface area contributed by atoms with Crippen LogP contribution in [-0.2, 0) is 0 Å². The van der Waals surface area contributed by atoms with Crippen LogP contribution in [0.4, 0.5) is 8.78 Å². The molecule has 4 heteroatoms. The number of halogens is 2. The summed E-state index contributed by atoms with van der Waals surface area (Å²) in [6.45, 7) is 3.39. The molecule has 0 radical (unpaired) electrons. The summed E-state index contributed by atoms with van der Waals surface area (Å²) in [6, 6.07) is 1.24. The van der Waals surface area contributed by atoms with Crippen LogP contribution in [-0.4, -0.2) is 12.9 Å². The molecule has 1 aromatic carbocycles. The average Bonchev–Trinajstić information content (AvgIpc) is 2.16. The lowest BCUT2D eigenvalue weighted by Crippen LogP contribution is -2.02. The van der Waals surface area contributed by atoms with E-state index >= 15 is 0 Å². The van der Waals surface area contributed by atoms with Crippen molar-refractivity contribution in [2.45, 2.75) is 13.8 Å². The molecular weight excluding hydrogens is 190 g/mol. The van der Waals surface area contributed by atoms with E-state index in [2.05, 4.69) is 0 Å². The molecule has 14 heavy (non-hydrogen) atoms. The Morgan fingerprint density at radius 2 is 2.07 bits per heavy atom. The van der Waals surface area contributed by atoms with Gasteiger partial charge in [0, 0.05) is 0 Å². The van der Waals surface area contributed by atoms with Crippen molar-refractivity contribution in [2.24, 2.45) is 0 Å². The molecule has 0 N–H and O–H groups in total. The zero-order chi connectivity index (χ0) is 10.7. The highest BCUT2D eigenvalue weighted by molar-refractivity contribution is 5.77. The van der Waals surface area contributed by atoms with Gasteiger partial charge in [-0.05, 0) is 25.5 Å². The summed E-state index contributed by atoms with van der Waals surface area (Å²) in [7, 11) is 0. The molecule has 0 amide bonds. The predicted octanol–water partition coefficient (Wildman–Crippen LogP) is 2.48. The molecule has 0 heterocycles. The van der Waals surface area contributed by atoms with Crippen LogP contribution in [0.1, 0.15) is 22.8 Å². The molecule has 1 aromatic rings. The first-order valence-corrected chi connectivity index (χ1v) is 4.18. The lowest BCUT2D eigenvalue weighted by Gasteiger charge is -2.08. The Hall–Kier alpha value is -1.45. The van der Waals surface area contributed by atoms with Gasteiger partial charge in [0.05, 0.1) is 12.2 Å². The number of carbonyl (C=O) groups is 1. The van der Waals surface area contributed by atoms with Gasteiger partial charge in [0.1, 0.15) is 5.82 Å². The number of rotatable bonds is 3. The van der Waals surface area contributed by atoms with Crippen molar-refractivity contribution in [3.8, 4) is 5.75 Å². The van der Waals surface area contributed by atoms with E-state index in [9.17, 15) is 13.6 Å². The highest BCUT2D eigenvalue weighted by Crippen LogP contribution is 2.25. The Balaban J connectivity index is 3.34. The molecule has 0 fully saturated rings. The van der Waals surface area contributed by atoms with E-state index in [-0.39, 0.29) is 24.2 Å². The number of aryl methyl sites for hydroxylation is 1. The molecule has 76 valence electrons. The standard InChI is InChI=1S/C10H10F2O2/c1-3-14-8-4-6(2)9(11)7(5-13)10(8)12/h4-5H,3H2,1-2H3. The van der Waals surface area contributed by atoms with Crippen LogP contribution < -0.4 is 4.74 Å². The first-order chi connectivity index (χ1) is 6.61. The van der Waals surface area contributed by atoms with Gasteiger partial charge in [-0.1, -0.05) is 0 Å². The third kappa shape index (κ3) is 1.73. The first kappa shape index (κ1) is 10.6. The second-order valence-electron chi connectivity index (χ2n) is 2.78. The van der Waals surface area contributed by atoms with Gasteiger partial charge in [0.2, 0.25) is 0 Å². The van der Waals surface area contributed by atoms with E-state index in [0.717, 1.165) is 0 Å². The lowest BCUT2D eigenvalue weighted by atomic mass is 10.1. The third-order valence-corrected chi connectivity index (χ3v) is 1.80. The molecule has 0 saturated carbocycles. The minimum atomic E-state index is -0.940. The van der Waals surface area contributed by atoms with E-state index in [0.29, 0.717) is 0 Å². The topological polar surface area (TPSA) is 26.3 Å². The molecule has 2 nitrogen and oxygen atoms in total. The third-order valence-electron chi connectivity index (χ3n) is 1.80. The predicted molar refractivity (Wildman–Crippen MR) is 47.7 cm³/mol. The summed E-state index contributed by atoms with van der Waals surface area (Å²) in [5.74, 6) is -1.86. The molecule has 0 saturated heterocycles. The fourth-order valence-electron chi connectivity index (χ4n) is 1.13. The quantitative estimate of drug-likeness (QED) is 0.700. The van der Waals surface area contributed by atoms with Crippen LogP contribution in [0.2, 0.25) is 0 Å². The van der Waals surface area contributed by atoms with Crippen LogP contribution in [0.25, 0.3) is 0 Å². The molecule has 0 bridgehead atoms. The van der Waals surface area contributed by atoms with Gasteiger partial charge in [0.25, 0.3) is 0 Å². The summed E-state index contributed by atoms with van der Waals surface area (Å²) in [5.41, 5.74) is -0.384. The van der Waals surface area contributed by atoms with Crippen molar-refractivity contribution in [3.05, 3.63) is 28.8 Å². The number of hydrogen-bond donors (Lipinski definition) is 0. The molecule has 0 spiro atoms. The molecule has 0 unspecified atom stereocenters. The maximum Gasteiger partial charge on any atom is 0.178 e. The van der Waals surface area contributed by atoms with Gasteiger partial charge >= 0.3 is 0 Å². The highest BCUT2D eigenvalue weighted by atomic mass is 19.1. The summed E-state index contributed by atoms with van der Waals surface area (Å²) >= 11 is 0. The zero-order valence-electron chi connectivity index (χ0n) is 7.93. The maximum atomic E-state index is 13.3. The lowest BCUT2D eigenvalue weighted by molar-refractivity contribution is 0.111. The van der Waals surface area contributed by atoms with E-state index in [4.69, 9.17) is 4.74 Å². The average molecular weight is 200 g/mol. The maximum absolute atomic E-state index is 13.3. The molecule has 0 atom stereocenters. The molecule has 0 aliphatic rings. The molecule has 0 aliphatic carbocycles. The Bertz CT molecular complexity index is 362. The minimum Gasteiger partial charge on any atom is -0.491 e. The van der Waals surface area contributed by atoms with Crippen molar-refractivity contribution in [3.63, 3.8) is 0 Å². The Labute approximate surface area is 80.5 Å². The number of benzene rings is 1. The van der Waals surface area contributed by atoms with Crippen molar-refractivity contribution < 1.29 is 18.3 Å². The fourth-order valence-corrected chi connectivity index (χ4v) is 1.13. The Morgan fingerprint density at radius 3 is 2.57 bits per heavy atom. The van der Waals surface area contributed by atoms with Crippen LogP contribution in [0, 0.1) is 18.6 Å². The normalized spacial score (nSPS) is 10.0. The number of aldehydes is 1. The van der Waals surface area contributed by atoms with Crippen LogP contribution >= 0.6 is 0 Å². The van der Waals surface area contributed by atoms with Gasteiger partial charge in [-0.25, -0.2) is 8.78 Å². The van der Waals surface area contributed by atoms with Crippen molar-refractivity contribution >= 4 is 6.29 Å². The van der Waals surface area contributed by atoms with E-state index in [1.807, 2.05) is 0 Å². The van der Waals surface area contributed by atoms with Crippen molar-refractivity contribution in [2.75, 3.05) is 6.61 Å². The summed E-state index contributed by atoms with van der Waals surface area (Å²) in [4.78, 5) is 10.4. The summed E-state index contributed by atoms with van der Waals surface area (Å²) in [5, 5.41) is 0. The van der Waals surface area contributed by atoms with E-state index in [1.54, 1.807) is 6.92 Å². The van der Waals surface area contributed by atoms with Crippen LogP contribution in [0.5, 0.6) is 5.75 Å². The molecule has 1 rings (SSSR count).